The van der Waals surface area contributed by atoms with E-state index in [1.54, 1.807) is 18.2 Å². The van der Waals surface area contributed by atoms with Gasteiger partial charge in [-0.25, -0.2) is 0 Å². The highest BCUT2D eigenvalue weighted by molar-refractivity contribution is 5.31. The Balaban J connectivity index is 2.16. The first-order valence-corrected chi connectivity index (χ1v) is 6.10. The van der Waals surface area contributed by atoms with E-state index in [2.05, 4.69) is 9.97 Å². The van der Waals surface area contributed by atoms with E-state index in [4.69, 9.17) is 19.3 Å². The van der Waals surface area contributed by atoms with E-state index in [9.17, 15) is 0 Å². The minimum absolute atomic E-state index is 0.121. The predicted octanol–water partition coefficient (Wildman–Crippen LogP) is 1.82. The molecule has 1 N–H and O–H groups in total. The molecule has 0 amide bonds. The van der Waals surface area contributed by atoms with Gasteiger partial charge in [0, 0.05) is 6.61 Å². The Morgan fingerprint density at radius 3 is 2.10 bits per heavy atom. The molecule has 0 atom stereocenters. The molecule has 0 radical (unpaired) electrons. The molecular weight excluding hydrogens is 260 g/mol. The van der Waals surface area contributed by atoms with E-state index in [-0.39, 0.29) is 12.6 Å². The van der Waals surface area contributed by atoms with Crippen LogP contribution in [-0.4, -0.2) is 35.9 Å². The molecule has 1 aromatic heterocycles. The number of aromatic nitrogens is 2. The Kier molecular flexibility index (Phi) is 4.73. The molecule has 6 heteroatoms. The zero-order valence-corrected chi connectivity index (χ0v) is 11.4. The monoisotopic (exact) mass is 276 g/mol. The summed E-state index contributed by atoms with van der Waals surface area (Å²) in [6.07, 6.45) is 0.615. The van der Waals surface area contributed by atoms with Crippen LogP contribution >= 0.6 is 0 Å². The minimum atomic E-state index is 0.121. The lowest BCUT2D eigenvalue weighted by Crippen LogP contribution is -1.98. The van der Waals surface area contributed by atoms with Crippen molar-refractivity contribution >= 4 is 0 Å². The third-order valence-corrected chi connectivity index (χ3v) is 2.61. The maximum Gasteiger partial charge on any atom is 0.328 e. The van der Waals surface area contributed by atoms with Crippen LogP contribution in [0.15, 0.2) is 30.3 Å². The smallest absolute Gasteiger partial charge is 0.328 e. The lowest BCUT2D eigenvalue weighted by atomic mass is 10.1. The van der Waals surface area contributed by atoms with Gasteiger partial charge in [0.15, 0.2) is 0 Å². The number of aliphatic hydroxyl groups excluding tert-OH is 1. The van der Waals surface area contributed by atoms with Gasteiger partial charge in [-0.2, -0.15) is 9.97 Å². The Hall–Kier alpha value is -2.34. The van der Waals surface area contributed by atoms with Gasteiger partial charge in [0.25, 0.3) is 0 Å². The number of nitrogens with zero attached hydrogens (tertiary/aromatic N) is 2. The van der Waals surface area contributed by atoms with Crippen molar-refractivity contribution in [2.75, 3.05) is 20.8 Å². The standard InChI is InChI=1S/C14H16N2O4/c1-18-12-9-13(19-2)16-14(15-12)20-11-5-3-10(4-6-11)7-8-17/h3-6,9,17H,7-8H2,1-2H3. The van der Waals surface area contributed by atoms with Crippen LogP contribution in [-0.2, 0) is 6.42 Å². The molecule has 0 aliphatic carbocycles. The molecule has 20 heavy (non-hydrogen) atoms. The van der Waals surface area contributed by atoms with Gasteiger partial charge in [0.1, 0.15) is 5.75 Å². The van der Waals surface area contributed by atoms with E-state index >= 15 is 0 Å². The molecule has 0 spiro atoms. The molecule has 0 saturated carbocycles. The molecule has 0 unspecified atom stereocenters. The molecule has 106 valence electrons. The highest BCUT2D eigenvalue weighted by atomic mass is 16.5. The van der Waals surface area contributed by atoms with E-state index < -0.39 is 0 Å². The molecular formula is C14H16N2O4. The largest absolute Gasteiger partial charge is 0.481 e. The average molecular weight is 276 g/mol. The second kappa shape index (κ2) is 6.72. The van der Waals surface area contributed by atoms with Crippen LogP contribution in [0.1, 0.15) is 5.56 Å². The van der Waals surface area contributed by atoms with Crippen molar-refractivity contribution in [3.8, 4) is 23.5 Å². The summed E-state index contributed by atoms with van der Waals surface area (Å²) in [7, 11) is 3.02. The maximum absolute atomic E-state index is 8.86. The molecule has 0 aliphatic rings. The Bertz CT molecular complexity index is 535. The first-order chi connectivity index (χ1) is 9.75. The second-order valence-electron chi connectivity index (χ2n) is 3.95. The van der Waals surface area contributed by atoms with Crippen molar-refractivity contribution in [1.82, 2.24) is 9.97 Å². The fourth-order valence-corrected chi connectivity index (χ4v) is 1.60. The summed E-state index contributed by atoms with van der Waals surface area (Å²) in [5, 5.41) is 8.86. The maximum atomic E-state index is 8.86. The molecule has 1 aromatic carbocycles. The molecule has 0 bridgehead atoms. The summed E-state index contributed by atoms with van der Waals surface area (Å²) >= 11 is 0. The molecule has 0 saturated heterocycles. The number of aliphatic hydroxyl groups is 1. The van der Waals surface area contributed by atoms with Gasteiger partial charge in [-0.1, -0.05) is 12.1 Å². The van der Waals surface area contributed by atoms with Crippen molar-refractivity contribution in [3.63, 3.8) is 0 Å². The number of methoxy groups -OCH3 is 2. The van der Waals surface area contributed by atoms with Gasteiger partial charge in [-0.3, -0.25) is 0 Å². The molecule has 2 rings (SSSR count). The SMILES string of the molecule is COc1cc(OC)nc(Oc2ccc(CCO)cc2)n1. The molecule has 0 aliphatic heterocycles. The van der Waals surface area contributed by atoms with Gasteiger partial charge in [0.2, 0.25) is 11.8 Å². The van der Waals surface area contributed by atoms with Crippen molar-refractivity contribution in [3.05, 3.63) is 35.9 Å². The van der Waals surface area contributed by atoms with Crippen LogP contribution in [0.4, 0.5) is 0 Å². The quantitative estimate of drug-likeness (QED) is 0.867. The number of ether oxygens (including phenoxy) is 3. The highest BCUT2D eigenvalue weighted by Gasteiger charge is 2.07. The van der Waals surface area contributed by atoms with Gasteiger partial charge in [0.05, 0.1) is 20.3 Å². The molecule has 1 heterocycles. The second-order valence-corrected chi connectivity index (χ2v) is 3.95. The molecule has 6 nitrogen and oxygen atoms in total. The van der Waals surface area contributed by atoms with Crippen LogP contribution < -0.4 is 14.2 Å². The summed E-state index contributed by atoms with van der Waals surface area (Å²) in [6, 6.07) is 9.06. The van der Waals surface area contributed by atoms with Gasteiger partial charge >= 0.3 is 6.01 Å². The van der Waals surface area contributed by atoms with E-state index in [1.807, 2.05) is 12.1 Å². The van der Waals surface area contributed by atoms with Crippen LogP contribution in [0.25, 0.3) is 0 Å². The van der Waals surface area contributed by atoms with Crippen molar-refractivity contribution in [2.45, 2.75) is 6.42 Å². The number of rotatable bonds is 6. The highest BCUT2D eigenvalue weighted by Crippen LogP contribution is 2.23. The first kappa shape index (κ1) is 14.1. The number of hydrogen-bond donors (Lipinski definition) is 1. The summed E-state index contributed by atoms with van der Waals surface area (Å²) in [5.41, 5.74) is 1.03. The fourth-order valence-electron chi connectivity index (χ4n) is 1.60. The van der Waals surface area contributed by atoms with Gasteiger partial charge < -0.3 is 19.3 Å². The van der Waals surface area contributed by atoms with Crippen LogP contribution in [0.5, 0.6) is 23.5 Å². The lowest BCUT2D eigenvalue weighted by Gasteiger charge is -2.08. The van der Waals surface area contributed by atoms with Gasteiger partial charge in [-0.15, -0.1) is 0 Å². The summed E-state index contributed by atoms with van der Waals surface area (Å²) in [4.78, 5) is 8.16. The van der Waals surface area contributed by atoms with Crippen LogP contribution in [0.3, 0.4) is 0 Å². The normalized spacial score (nSPS) is 10.2. The molecule has 2 aromatic rings. The predicted molar refractivity (Wildman–Crippen MR) is 72.4 cm³/mol. The Morgan fingerprint density at radius 2 is 1.60 bits per heavy atom. The first-order valence-electron chi connectivity index (χ1n) is 6.10. The summed E-state index contributed by atoms with van der Waals surface area (Å²) in [5.74, 6) is 1.33. The third-order valence-electron chi connectivity index (χ3n) is 2.61. The van der Waals surface area contributed by atoms with E-state index in [1.165, 1.54) is 14.2 Å². The topological polar surface area (TPSA) is 73.7 Å². The van der Waals surface area contributed by atoms with E-state index in [0.29, 0.717) is 23.9 Å². The molecule has 0 fully saturated rings. The minimum Gasteiger partial charge on any atom is -0.481 e. The van der Waals surface area contributed by atoms with E-state index in [0.717, 1.165) is 5.56 Å². The lowest BCUT2D eigenvalue weighted by molar-refractivity contribution is 0.299. The summed E-state index contributed by atoms with van der Waals surface area (Å²) in [6.45, 7) is 0.121. The van der Waals surface area contributed by atoms with Gasteiger partial charge in [-0.05, 0) is 24.1 Å². The van der Waals surface area contributed by atoms with Crippen molar-refractivity contribution < 1.29 is 19.3 Å². The van der Waals surface area contributed by atoms with Crippen molar-refractivity contribution in [2.24, 2.45) is 0 Å². The Labute approximate surface area is 117 Å². The Morgan fingerprint density at radius 1 is 1.00 bits per heavy atom. The van der Waals surface area contributed by atoms with Crippen LogP contribution in [0.2, 0.25) is 0 Å². The zero-order valence-electron chi connectivity index (χ0n) is 11.4. The number of benzene rings is 1. The van der Waals surface area contributed by atoms with Crippen molar-refractivity contribution in [1.29, 1.82) is 0 Å². The van der Waals surface area contributed by atoms with Crippen LogP contribution in [0, 0.1) is 0 Å². The summed E-state index contributed by atoms with van der Waals surface area (Å²) < 4.78 is 15.6. The fraction of sp³-hybridized carbons (Fsp3) is 0.286. The third kappa shape index (κ3) is 3.58. The average Bonchev–Trinajstić information content (AvgIpc) is 2.49. The number of hydrogen-bond acceptors (Lipinski definition) is 6. The zero-order chi connectivity index (χ0) is 14.4.